The van der Waals surface area contributed by atoms with Crippen molar-refractivity contribution >= 4 is 27.4 Å². The van der Waals surface area contributed by atoms with E-state index in [1.807, 2.05) is 0 Å². The molecule has 0 saturated heterocycles. The number of ether oxygens (including phenoxy) is 1. The SMILES string of the molecule is Cc1cc(Cl)ccc1OC(=O)c1ccc(S(=O)(=O)C(F)F)cc1. The number of esters is 1. The van der Waals surface area contributed by atoms with Crippen LogP contribution >= 0.6 is 11.6 Å². The third kappa shape index (κ3) is 3.86. The van der Waals surface area contributed by atoms with Crippen LogP contribution in [0.4, 0.5) is 8.78 Å². The molecule has 0 amide bonds. The summed E-state index contributed by atoms with van der Waals surface area (Å²) in [5, 5.41) is 0.490. The zero-order valence-corrected chi connectivity index (χ0v) is 13.4. The molecule has 0 atom stereocenters. The lowest BCUT2D eigenvalue weighted by molar-refractivity contribution is 0.0733. The summed E-state index contributed by atoms with van der Waals surface area (Å²) in [5.41, 5.74) is 0.676. The number of halogens is 3. The summed E-state index contributed by atoms with van der Waals surface area (Å²) in [6, 6.07) is 8.79. The molecule has 122 valence electrons. The van der Waals surface area contributed by atoms with Crippen LogP contribution in [0, 0.1) is 6.92 Å². The zero-order valence-electron chi connectivity index (χ0n) is 11.8. The van der Waals surface area contributed by atoms with Crippen LogP contribution in [0.1, 0.15) is 15.9 Å². The molecular formula is C15H11ClF2O4S. The summed E-state index contributed by atoms with van der Waals surface area (Å²) in [4.78, 5) is 11.4. The summed E-state index contributed by atoms with van der Waals surface area (Å²) in [6.45, 7) is 1.70. The van der Waals surface area contributed by atoms with Gasteiger partial charge in [-0.15, -0.1) is 0 Å². The van der Waals surface area contributed by atoms with Crippen LogP contribution in [0.3, 0.4) is 0 Å². The van der Waals surface area contributed by atoms with Gasteiger partial charge in [0.05, 0.1) is 10.5 Å². The fraction of sp³-hybridized carbons (Fsp3) is 0.133. The molecule has 0 aliphatic carbocycles. The summed E-state index contributed by atoms with van der Waals surface area (Å²) >= 11 is 5.80. The van der Waals surface area contributed by atoms with E-state index in [4.69, 9.17) is 16.3 Å². The van der Waals surface area contributed by atoms with Crippen molar-refractivity contribution in [1.29, 1.82) is 0 Å². The molecule has 0 saturated carbocycles. The molecule has 4 nitrogen and oxygen atoms in total. The second kappa shape index (κ2) is 6.64. The molecule has 0 heterocycles. The molecule has 0 N–H and O–H groups in total. The average molecular weight is 361 g/mol. The van der Waals surface area contributed by atoms with E-state index in [0.717, 1.165) is 24.3 Å². The van der Waals surface area contributed by atoms with Crippen molar-refractivity contribution in [2.75, 3.05) is 0 Å². The van der Waals surface area contributed by atoms with Crippen LogP contribution in [-0.2, 0) is 9.84 Å². The minimum absolute atomic E-state index is 0.0348. The van der Waals surface area contributed by atoms with Crippen LogP contribution in [0.5, 0.6) is 5.75 Å². The van der Waals surface area contributed by atoms with Gasteiger partial charge >= 0.3 is 11.7 Å². The minimum Gasteiger partial charge on any atom is -0.423 e. The van der Waals surface area contributed by atoms with Gasteiger partial charge in [0.1, 0.15) is 5.75 Å². The van der Waals surface area contributed by atoms with Crippen LogP contribution in [0.25, 0.3) is 0 Å². The normalized spacial score (nSPS) is 11.5. The molecule has 0 fully saturated rings. The van der Waals surface area contributed by atoms with Crippen molar-refractivity contribution in [1.82, 2.24) is 0 Å². The number of hydrogen-bond acceptors (Lipinski definition) is 4. The maximum absolute atomic E-state index is 12.4. The van der Waals surface area contributed by atoms with Crippen molar-refractivity contribution in [3.63, 3.8) is 0 Å². The summed E-state index contributed by atoms with van der Waals surface area (Å²) in [5.74, 6) is -3.96. The molecule has 0 aromatic heterocycles. The van der Waals surface area contributed by atoms with E-state index in [-0.39, 0.29) is 5.56 Å². The summed E-state index contributed by atoms with van der Waals surface area (Å²) in [6.07, 6.45) is 0. The molecule has 0 bridgehead atoms. The molecule has 8 heteroatoms. The highest BCUT2D eigenvalue weighted by atomic mass is 35.5. The van der Waals surface area contributed by atoms with Crippen molar-refractivity contribution in [2.24, 2.45) is 0 Å². The second-order valence-electron chi connectivity index (χ2n) is 4.63. The van der Waals surface area contributed by atoms with E-state index >= 15 is 0 Å². The molecule has 0 aliphatic heterocycles. The Labute approximate surface area is 136 Å². The van der Waals surface area contributed by atoms with E-state index in [2.05, 4.69) is 0 Å². The van der Waals surface area contributed by atoms with Gasteiger partial charge in [-0.2, -0.15) is 8.78 Å². The number of benzene rings is 2. The first-order valence-electron chi connectivity index (χ1n) is 6.32. The van der Waals surface area contributed by atoms with Gasteiger partial charge in [0.2, 0.25) is 9.84 Å². The Kier molecular flexibility index (Phi) is 5.01. The first kappa shape index (κ1) is 17.4. The third-order valence-electron chi connectivity index (χ3n) is 2.99. The Morgan fingerprint density at radius 2 is 1.74 bits per heavy atom. The largest absolute Gasteiger partial charge is 0.423 e. The molecule has 2 aromatic carbocycles. The Morgan fingerprint density at radius 1 is 1.13 bits per heavy atom. The number of rotatable bonds is 4. The van der Waals surface area contributed by atoms with Crippen molar-refractivity contribution in [3.05, 3.63) is 58.6 Å². The Bertz CT molecular complexity index is 833. The van der Waals surface area contributed by atoms with E-state index in [0.29, 0.717) is 16.3 Å². The quantitative estimate of drug-likeness (QED) is 0.613. The monoisotopic (exact) mass is 360 g/mol. The van der Waals surface area contributed by atoms with Gasteiger partial charge in [-0.3, -0.25) is 0 Å². The lowest BCUT2D eigenvalue weighted by Gasteiger charge is -2.08. The second-order valence-corrected chi connectivity index (χ2v) is 6.98. The Hall–Kier alpha value is -1.99. The first-order chi connectivity index (χ1) is 10.7. The van der Waals surface area contributed by atoms with Gasteiger partial charge in [0, 0.05) is 5.02 Å². The number of sulfone groups is 1. The Morgan fingerprint density at radius 3 is 2.26 bits per heavy atom. The average Bonchev–Trinajstić information content (AvgIpc) is 2.50. The molecule has 2 aromatic rings. The smallest absolute Gasteiger partial charge is 0.343 e. The fourth-order valence-electron chi connectivity index (χ4n) is 1.77. The van der Waals surface area contributed by atoms with Crippen molar-refractivity contribution in [2.45, 2.75) is 17.6 Å². The maximum atomic E-state index is 12.4. The van der Waals surface area contributed by atoms with E-state index in [1.54, 1.807) is 19.1 Å². The van der Waals surface area contributed by atoms with Crippen LogP contribution < -0.4 is 4.74 Å². The number of carbonyl (C=O) groups excluding carboxylic acids is 1. The van der Waals surface area contributed by atoms with Gasteiger partial charge < -0.3 is 4.74 Å². The lowest BCUT2D eigenvalue weighted by atomic mass is 10.2. The van der Waals surface area contributed by atoms with E-state index in [1.165, 1.54) is 6.07 Å². The molecule has 23 heavy (non-hydrogen) atoms. The summed E-state index contributed by atoms with van der Waals surface area (Å²) in [7, 11) is -4.69. The highest BCUT2D eigenvalue weighted by Gasteiger charge is 2.26. The van der Waals surface area contributed by atoms with Crippen LogP contribution in [0.15, 0.2) is 47.4 Å². The zero-order chi connectivity index (χ0) is 17.2. The van der Waals surface area contributed by atoms with E-state index < -0.39 is 26.5 Å². The maximum Gasteiger partial charge on any atom is 0.343 e. The molecule has 0 aliphatic rings. The Balaban J connectivity index is 2.21. The van der Waals surface area contributed by atoms with Crippen molar-refractivity contribution < 1.29 is 26.7 Å². The molecule has 2 rings (SSSR count). The van der Waals surface area contributed by atoms with E-state index in [9.17, 15) is 22.0 Å². The molecule has 0 unspecified atom stereocenters. The molecular weight excluding hydrogens is 350 g/mol. The predicted molar refractivity (Wildman–Crippen MR) is 80.8 cm³/mol. The lowest BCUT2D eigenvalue weighted by Crippen LogP contribution is -2.13. The van der Waals surface area contributed by atoms with Gasteiger partial charge in [0.15, 0.2) is 0 Å². The number of carbonyl (C=O) groups is 1. The van der Waals surface area contributed by atoms with Gasteiger partial charge in [-0.25, -0.2) is 13.2 Å². The summed E-state index contributed by atoms with van der Waals surface area (Å²) < 4.78 is 52.6. The third-order valence-corrected chi connectivity index (χ3v) is 4.63. The van der Waals surface area contributed by atoms with Gasteiger partial charge in [-0.05, 0) is 55.0 Å². The minimum atomic E-state index is -4.69. The topological polar surface area (TPSA) is 60.4 Å². The molecule has 0 spiro atoms. The van der Waals surface area contributed by atoms with Gasteiger partial charge in [0.25, 0.3) is 0 Å². The predicted octanol–water partition coefficient (Wildman–Crippen LogP) is 3.86. The first-order valence-corrected chi connectivity index (χ1v) is 8.24. The van der Waals surface area contributed by atoms with Crippen LogP contribution in [0.2, 0.25) is 5.02 Å². The van der Waals surface area contributed by atoms with Crippen LogP contribution in [-0.4, -0.2) is 20.1 Å². The van der Waals surface area contributed by atoms with Crippen molar-refractivity contribution in [3.8, 4) is 5.75 Å². The molecule has 0 radical (unpaired) electrons. The number of aryl methyl sites for hydroxylation is 1. The fourth-order valence-corrected chi connectivity index (χ4v) is 2.72. The number of alkyl halides is 2. The van der Waals surface area contributed by atoms with Gasteiger partial charge in [-0.1, -0.05) is 11.6 Å². The standard InChI is InChI=1S/C15H11ClF2O4S/c1-9-8-11(16)4-7-13(9)22-14(19)10-2-5-12(6-3-10)23(20,21)15(17)18/h2-8,15H,1H3. The highest BCUT2D eigenvalue weighted by Crippen LogP contribution is 2.23. The highest BCUT2D eigenvalue weighted by molar-refractivity contribution is 7.91. The number of hydrogen-bond donors (Lipinski definition) is 0.